The predicted molar refractivity (Wildman–Crippen MR) is 88.8 cm³/mol. The lowest BCUT2D eigenvalue weighted by molar-refractivity contribution is -0.130. The molecule has 24 heavy (non-hydrogen) atoms. The van der Waals surface area contributed by atoms with E-state index < -0.39 is 13.1 Å². The van der Waals surface area contributed by atoms with E-state index >= 15 is 0 Å². The molecule has 0 bridgehead atoms. The lowest BCUT2D eigenvalue weighted by atomic mass is 9.88. The molecule has 0 aliphatic rings. The number of hydrogen-bond donors (Lipinski definition) is 3. The molecular formula is C16H9B2O6. The average molecular weight is 319 g/mol. The van der Waals surface area contributed by atoms with Crippen LogP contribution in [0.15, 0.2) is 34.7 Å². The van der Waals surface area contributed by atoms with Crippen LogP contribution in [0.25, 0.3) is 11.0 Å². The Hall–Kier alpha value is -3.37. The minimum atomic E-state index is -1.53. The predicted octanol–water partition coefficient (Wildman–Crippen LogP) is -0.988. The third-order valence-corrected chi connectivity index (χ3v) is 2.19. The second kappa shape index (κ2) is 11.2. The Morgan fingerprint density at radius 3 is 2.38 bits per heavy atom. The number of carboxylic acid groups (broad SMARTS) is 1. The van der Waals surface area contributed by atoms with Crippen molar-refractivity contribution in [1.29, 1.82) is 0 Å². The summed E-state index contributed by atoms with van der Waals surface area (Å²) in [5.74, 6) is 11.0. The van der Waals surface area contributed by atoms with Gasteiger partial charge >= 0.3 is 13.1 Å². The number of hydrogen-bond acceptors (Lipinski definition) is 5. The first-order valence-electron chi connectivity index (χ1n) is 6.07. The fourth-order valence-corrected chi connectivity index (χ4v) is 1.34. The van der Waals surface area contributed by atoms with Crippen molar-refractivity contribution in [2.75, 3.05) is 0 Å². The van der Waals surface area contributed by atoms with Crippen LogP contribution in [-0.2, 0) is 9.59 Å². The number of carbonyl (C=O) groups is 2. The first-order valence-corrected chi connectivity index (χ1v) is 6.07. The number of para-hydroxylation sites is 1. The van der Waals surface area contributed by atoms with Gasteiger partial charge in [0, 0.05) is 19.7 Å². The van der Waals surface area contributed by atoms with Crippen LogP contribution in [-0.4, -0.2) is 42.9 Å². The van der Waals surface area contributed by atoms with Crippen LogP contribution in [0.1, 0.15) is 0 Å². The van der Waals surface area contributed by atoms with Gasteiger partial charge in [-0.2, -0.15) is 0 Å². The summed E-state index contributed by atoms with van der Waals surface area (Å²) in [6.07, 6.45) is 0.388. The van der Waals surface area contributed by atoms with Crippen molar-refractivity contribution in [2.24, 2.45) is 0 Å². The minimum absolute atomic E-state index is 0. The Kier molecular flexibility index (Phi) is 9.65. The highest BCUT2D eigenvalue weighted by Gasteiger charge is 2.16. The summed E-state index contributed by atoms with van der Waals surface area (Å²) < 4.78 is 5.13. The Labute approximate surface area is 140 Å². The van der Waals surface area contributed by atoms with Gasteiger partial charge in [-0.25, -0.2) is 4.79 Å². The van der Waals surface area contributed by atoms with Gasteiger partial charge in [0.1, 0.15) is 11.2 Å². The van der Waals surface area contributed by atoms with Gasteiger partial charge in [-0.3, -0.25) is 4.79 Å². The smallest absolute Gasteiger partial charge is 0.472 e. The van der Waals surface area contributed by atoms with Crippen LogP contribution in [0.4, 0.5) is 0 Å². The molecule has 0 unspecified atom stereocenters. The number of furan rings is 1. The number of rotatable bonds is 1. The zero-order chi connectivity index (χ0) is 17.1. The molecule has 1 heterocycles. The van der Waals surface area contributed by atoms with Crippen molar-refractivity contribution in [3.63, 3.8) is 0 Å². The Morgan fingerprint density at radius 1 is 1.12 bits per heavy atom. The van der Waals surface area contributed by atoms with Crippen LogP contribution < -0.4 is 5.66 Å². The SMILES string of the molecule is O=CC#CC#CC#CC(=O)O.OB(O)c1cc2ccccc2o1.[B]. The largest absolute Gasteiger partial charge is 0.526 e. The van der Waals surface area contributed by atoms with Crippen molar-refractivity contribution in [1.82, 2.24) is 0 Å². The highest BCUT2D eigenvalue weighted by atomic mass is 16.4. The van der Waals surface area contributed by atoms with Crippen LogP contribution >= 0.6 is 0 Å². The van der Waals surface area contributed by atoms with Crippen molar-refractivity contribution in [3.05, 3.63) is 30.3 Å². The molecule has 3 radical (unpaired) electrons. The Bertz CT molecular complexity index is 848. The summed E-state index contributed by atoms with van der Waals surface area (Å²) >= 11 is 0. The quantitative estimate of drug-likeness (QED) is 0.354. The monoisotopic (exact) mass is 319 g/mol. The third-order valence-electron chi connectivity index (χ3n) is 2.19. The summed E-state index contributed by atoms with van der Waals surface area (Å²) in [4.78, 5) is 19.3. The normalized spacial score (nSPS) is 7.58. The third kappa shape index (κ3) is 7.58. The van der Waals surface area contributed by atoms with Gasteiger partial charge in [-0.15, -0.1) is 0 Å². The first-order chi connectivity index (χ1) is 11.0. The maximum atomic E-state index is 9.75. The number of benzene rings is 1. The molecule has 8 heteroatoms. The zero-order valence-corrected chi connectivity index (χ0v) is 12.2. The van der Waals surface area contributed by atoms with Crippen molar-refractivity contribution in [3.8, 4) is 35.5 Å². The lowest BCUT2D eigenvalue weighted by Gasteiger charge is -1.88. The summed E-state index contributed by atoms with van der Waals surface area (Å²) in [6, 6.07) is 8.94. The number of aldehydes is 1. The highest BCUT2D eigenvalue weighted by molar-refractivity contribution is 6.57. The van der Waals surface area contributed by atoms with E-state index in [-0.39, 0.29) is 14.1 Å². The van der Waals surface area contributed by atoms with E-state index in [0.717, 1.165) is 5.39 Å². The maximum Gasteiger partial charge on any atom is 0.526 e. The first kappa shape index (κ1) is 20.6. The van der Waals surface area contributed by atoms with Gasteiger partial charge in [0.25, 0.3) is 0 Å². The van der Waals surface area contributed by atoms with Crippen molar-refractivity contribution in [2.45, 2.75) is 0 Å². The maximum absolute atomic E-state index is 9.75. The molecule has 2 aromatic rings. The van der Waals surface area contributed by atoms with Crippen molar-refractivity contribution < 1.29 is 29.2 Å². The van der Waals surface area contributed by atoms with Gasteiger partial charge in [0.05, 0.1) is 0 Å². The lowest BCUT2D eigenvalue weighted by Crippen LogP contribution is -2.27. The molecule has 0 spiro atoms. The Balaban J connectivity index is 0.000000426. The second-order valence-electron chi connectivity index (χ2n) is 3.75. The minimum Gasteiger partial charge on any atom is -0.472 e. The number of fused-ring (bicyclic) bond motifs is 1. The standard InChI is InChI=1S/C8H7BO3.C8H2O3.B/c10-9(11)8-5-6-3-1-2-4-7(6)12-8;9-7-5-3-1-2-4-6-8(10)11;/h1-5,10-11H;7H,(H,10,11);. The van der Waals surface area contributed by atoms with E-state index in [2.05, 4.69) is 17.8 Å². The fourth-order valence-electron chi connectivity index (χ4n) is 1.34. The van der Waals surface area contributed by atoms with Gasteiger partial charge < -0.3 is 19.6 Å². The molecule has 0 aliphatic carbocycles. The van der Waals surface area contributed by atoms with E-state index in [9.17, 15) is 9.59 Å². The van der Waals surface area contributed by atoms with E-state index in [1.165, 1.54) is 0 Å². The van der Waals surface area contributed by atoms with Gasteiger partial charge in [-0.05, 0) is 41.7 Å². The summed E-state index contributed by atoms with van der Waals surface area (Å²) in [6.45, 7) is 0. The van der Waals surface area contributed by atoms with Gasteiger partial charge in [0.15, 0.2) is 6.29 Å². The van der Waals surface area contributed by atoms with E-state index in [1.54, 1.807) is 18.1 Å². The summed E-state index contributed by atoms with van der Waals surface area (Å²) in [7, 11) is -1.53. The van der Waals surface area contributed by atoms with E-state index in [1.807, 2.05) is 30.0 Å². The molecule has 0 fully saturated rings. The zero-order valence-electron chi connectivity index (χ0n) is 12.2. The average Bonchev–Trinajstić information content (AvgIpc) is 2.95. The molecule has 115 valence electrons. The summed E-state index contributed by atoms with van der Waals surface area (Å²) in [5.41, 5.74) is 0.844. The van der Waals surface area contributed by atoms with E-state index in [4.69, 9.17) is 19.6 Å². The van der Waals surface area contributed by atoms with Gasteiger partial charge in [0.2, 0.25) is 0 Å². The molecule has 0 amide bonds. The summed E-state index contributed by atoms with van der Waals surface area (Å²) in [5, 5.41) is 26.4. The number of carboxylic acids is 1. The molecule has 6 nitrogen and oxygen atoms in total. The van der Waals surface area contributed by atoms with E-state index in [0.29, 0.717) is 11.9 Å². The molecule has 0 atom stereocenters. The molecule has 1 aromatic carbocycles. The Morgan fingerprint density at radius 2 is 1.79 bits per heavy atom. The molecular weight excluding hydrogens is 310 g/mol. The van der Waals surface area contributed by atoms with Crippen molar-refractivity contribution >= 4 is 44.4 Å². The molecule has 0 aliphatic heterocycles. The molecule has 0 saturated carbocycles. The molecule has 1 aromatic heterocycles. The highest BCUT2D eigenvalue weighted by Crippen LogP contribution is 2.12. The van der Waals surface area contributed by atoms with Crippen LogP contribution in [0.5, 0.6) is 0 Å². The molecule has 3 N–H and O–H groups in total. The topological polar surface area (TPSA) is 108 Å². The number of carbonyl (C=O) groups excluding carboxylic acids is 1. The van der Waals surface area contributed by atoms with Crippen LogP contribution in [0.3, 0.4) is 0 Å². The number of aliphatic carboxylic acids is 1. The molecule has 2 rings (SSSR count). The second-order valence-corrected chi connectivity index (χ2v) is 3.75. The van der Waals surface area contributed by atoms with Crippen LogP contribution in [0, 0.1) is 35.5 Å². The molecule has 0 saturated heterocycles. The van der Waals surface area contributed by atoms with Gasteiger partial charge in [-0.1, -0.05) is 18.2 Å². The van der Waals surface area contributed by atoms with Crippen LogP contribution in [0.2, 0.25) is 0 Å². The fraction of sp³-hybridized carbons (Fsp3) is 0.